The lowest BCUT2D eigenvalue weighted by Crippen LogP contribution is -2.44. The molecule has 4 saturated heterocycles. The van der Waals surface area contributed by atoms with Crippen LogP contribution in [0.3, 0.4) is 0 Å². The molecule has 62 heavy (non-hydrogen) atoms. The number of rotatable bonds is 9. The van der Waals surface area contributed by atoms with E-state index >= 15 is 0 Å². The summed E-state index contributed by atoms with van der Waals surface area (Å²) in [7, 11) is 1.68. The lowest BCUT2D eigenvalue weighted by molar-refractivity contribution is -0.135. The number of alkyl halides is 2. The topological polar surface area (TPSA) is 166 Å². The molecule has 10 rings (SSSR count). The second kappa shape index (κ2) is 16.4. The molecule has 16 nitrogen and oxygen atoms in total. The first-order valence-electron chi connectivity index (χ1n) is 21.7. The van der Waals surface area contributed by atoms with Crippen LogP contribution in [0.2, 0.25) is 0 Å². The minimum Gasteiger partial charge on any atom is -0.374 e. The van der Waals surface area contributed by atoms with E-state index in [0.717, 1.165) is 82.4 Å². The summed E-state index contributed by atoms with van der Waals surface area (Å²) in [5.74, 6) is 7.15. The van der Waals surface area contributed by atoms with Gasteiger partial charge < -0.3 is 15.0 Å². The molecular formula is C44H49F2N11O5. The summed E-state index contributed by atoms with van der Waals surface area (Å²) in [4.78, 5) is 60.5. The van der Waals surface area contributed by atoms with Gasteiger partial charge in [-0.15, -0.1) is 0 Å². The van der Waals surface area contributed by atoms with Gasteiger partial charge in [-0.25, -0.2) is 23.1 Å². The van der Waals surface area contributed by atoms with E-state index in [9.17, 15) is 28.0 Å². The van der Waals surface area contributed by atoms with Crippen LogP contribution in [0.1, 0.15) is 104 Å². The number of morpholine rings is 1. The Morgan fingerprint density at radius 2 is 1.84 bits per heavy atom. The molecule has 5 aliphatic rings. The fourth-order valence-electron chi connectivity index (χ4n) is 10.4. The number of piperidine rings is 2. The number of hydrogen-bond donors (Lipinski definition) is 2. The molecular weight excluding hydrogens is 801 g/mol. The maximum Gasteiger partial charge on any atom is 0.329 e. The Bertz CT molecular complexity index is 2680. The van der Waals surface area contributed by atoms with Gasteiger partial charge in [-0.3, -0.25) is 38.4 Å². The highest BCUT2D eigenvalue weighted by Gasteiger charge is 2.40. The molecule has 2 N–H and O–H groups in total. The fraction of sp³-hybridized carbons (Fsp3) is 0.523. The number of imidazole rings is 1. The van der Waals surface area contributed by atoms with Crippen molar-refractivity contribution in [2.45, 2.75) is 94.9 Å². The number of nitrogens with one attached hydrogen (secondary N) is 2. The largest absolute Gasteiger partial charge is 0.374 e. The fourth-order valence-corrected chi connectivity index (χ4v) is 10.4. The van der Waals surface area contributed by atoms with Crippen molar-refractivity contribution in [1.29, 1.82) is 0 Å². The summed E-state index contributed by atoms with van der Waals surface area (Å²) in [6, 6.07) is 6.87. The number of benzene rings is 1. The number of aryl methyl sites for hydroxylation is 1. The first-order valence-corrected chi connectivity index (χ1v) is 21.7. The van der Waals surface area contributed by atoms with Gasteiger partial charge in [0.15, 0.2) is 11.3 Å². The highest BCUT2D eigenvalue weighted by atomic mass is 19.3. The number of carbonyl (C=O) groups excluding carboxylic acids is 3. The van der Waals surface area contributed by atoms with Crippen molar-refractivity contribution in [2.75, 3.05) is 43.0 Å². The number of anilines is 2. The molecule has 324 valence electrons. The summed E-state index contributed by atoms with van der Waals surface area (Å²) >= 11 is 0. The van der Waals surface area contributed by atoms with E-state index in [-0.39, 0.29) is 53.9 Å². The van der Waals surface area contributed by atoms with Gasteiger partial charge in [-0.1, -0.05) is 17.9 Å². The Labute approximate surface area is 355 Å². The van der Waals surface area contributed by atoms with Crippen LogP contribution in [-0.4, -0.2) is 101 Å². The van der Waals surface area contributed by atoms with Gasteiger partial charge in [-0.05, 0) is 101 Å². The normalized spacial score (nSPS) is 24.6. The Kier molecular flexibility index (Phi) is 10.6. The second-order valence-electron chi connectivity index (χ2n) is 17.6. The van der Waals surface area contributed by atoms with Crippen molar-refractivity contribution >= 4 is 45.9 Å². The Hall–Kier alpha value is -5.93. The van der Waals surface area contributed by atoms with Crippen LogP contribution in [-0.2, 0) is 21.4 Å². The average molecular weight is 850 g/mol. The predicted octanol–water partition coefficient (Wildman–Crippen LogP) is 4.61. The summed E-state index contributed by atoms with van der Waals surface area (Å²) in [6.07, 6.45) is 10.4. The van der Waals surface area contributed by atoms with Crippen LogP contribution in [0.5, 0.6) is 0 Å². The molecule has 1 aliphatic carbocycles. The molecule has 3 atom stereocenters. The SMILES string of the molecule is Cn1c(=O)n(C2CCC(=O)NC2=O)c2cccc(C#CCN3CCC(CC4CCC(n5cc(NC(=O)c6cnn7ccc(N8C[C@H]9C[C@@H]8CO9)nc67)c(C(F)F)n5)CC4)CC3)c21. The van der Waals surface area contributed by atoms with E-state index in [1.165, 1.54) is 19.8 Å². The van der Waals surface area contributed by atoms with E-state index in [4.69, 9.17) is 9.72 Å². The number of amides is 3. The van der Waals surface area contributed by atoms with Crippen molar-refractivity contribution < 1.29 is 27.9 Å². The zero-order chi connectivity index (χ0) is 42.6. The number of likely N-dealkylation sites (tertiary alicyclic amines) is 1. The van der Waals surface area contributed by atoms with E-state index in [1.54, 1.807) is 24.1 Å². The summed E-state index contributed by atoms with van der Waals surface area (Å²) in [6.45, 7) is 3.88. The van der Waals surface area contributed by atoms with Gasteiger partial charge in [0.25, 0.3) is 12.3 Å². The van der Waals surface area contributed by atoms with Crippen molar-refractivity contribution in [3.8, 4) is 11.8 Å². The quantitative estimate of drug-likeness (QED) is 0.158. The van der Waals surface area contributed by atoms with Gasteiger partial charge >= 0.3 is 5.69 Å². The van der Waals surface area contributed by atoms with Gasteiger partial charge in [0, 0.05) is 32.4 Å². The first kappa shape index (κ1) is 40.2. The van der Waals surface area contributed by atoms with Crippen molar-refractivity contribution in [3.05, 3.63) is 70.2 Å². The number of halogens is 2. The monoisotopic (exact) mass is 849 g/mol. The minimum atomic E-state index is -2.86. The number of nitrogens with zero attached hydrogens (tertiary/aromatic N) is 9. The average Bonchev–Trinajstić information content (AvgIpc) is 4.12. The third-order valence-corrected chi connectivity index (χ3v) is 13.7. The summed E-state index contributed by atoms with van der Waals surface area (Å²) in [5.41, 5.74) is 1.81. The predicted molar refractivity (Wildman–Crippen MR) is 224 cm³/mol. The smallest absolute Gasteiger partial charge is 0.329 e. The molecule has 4 aliphatic heterocycles. The van der Waals surface area contributed by atoms with Crippen molar-refractivity contribution in [1.82, 2.24) is 43.7 Å². The first-order chi connectivity index (χ1) is 30.1. The molecule has 5 aromatic rings. The molecule has 0 radical (unpaired) electrons. The molecule has 5 fully saturated rings. The highest BCUT2D eigenvalue weighted by molar-refractivity contribution is 6.08. The zero-order valence-corrected chi connectivity index (χ0v) is 34.5. The zero-order valence-electron chi connectivity index (χ0n) is 34.5. The van der Waals surface area contributed by atoms with Crippen LogP contribution >= 0.6 is 0 Å². The highest BCUT2D eigenvalue weighted by Crippen LogP contribution is 2.39. The molecule has 3 amide bonds. The van der Waals surface area contributed by atoms with Crippen LogP contribution in [0.4, 0.5) is 20.3 Å². The molecule has 1 aromatic carbocycles. The third-order valence-electron chi connectivity index (χ3n) is 13.7. The maximum absolute atomic E-state index is 14.3. The number of aromatic nitrogens is 7. The molecule has 2 bridgehead atoms. The van der Waals surface area contributed by atoms with Crippen LogP contribution in [0, 0.1) is 23.7 Å². The number of para-hydroxylation sites is 1. The van der Waals surface area contributed by atoms with Gasteiger partial charge in [0.2, 0.25) is 11.8 Å². The van der Waals surface area contributed by atoms with Crippen molar-refractivity contribution in [2.24, 2.45) is 18.9 Å². The van der Waals surface area contributed by atoms with Crippen LogP contribution in [0.15, 0.2) is 47.7 Å². The lowest BCUT2D eigenvalue weighted by atomic mass is 9.78. The number of ether oxygens (including phenoxy) is 1. The number of carbonyl (C=O) groups is 3. The summed E-state index contributed by atoms with van der Waals surface area (Å²) < 4.78 is 40.5. The minimum absolute atomic E-state index is 0.000353. The third kappa shape index (κ3) is 7.54. The molecule has 18 heteroatoms. The van der Waals surface area contributed by atoms with Gasteiger partial charge in [0.1, 0.15) is 17.4 Å². The van der Waals surface area contributed by atoms with Crippen LogP contribution in [0.25, 0.3) is 16.7 Å². The van der Waals surface area contributed by atoms with Crippen LogP contribution < -0.4 is 21.2 Å². The Morgan fingerprint density at radius 3 is 2.58 bits per heavy atom. The van der Waals surface area contributed by atoms with E-state index in [1.807, 2.05) is 24.3 Å². The van der Waals surface area contributed by atoms with Gasteiger partial charge in [-0.2, -0.15) is 10.2 Å². The molecule has 4 aromatic heterocycles. The van der Waals surface area contributed by atoms with E-state index < -0.39 is 30.0 Å². The number of imide groups is 1. The standard InChI is InChI=1S/C44H49F2N11O5/c1-52-39-28(4-2-6-34(39)57(44(52)61)35-11-12-37(58)50-43(35)60)5-3-16-53-17-13-27(14-18-53)20-26-7-9-29(10-8-26)56-24-33(38(51-56)40(45)46)48-42(59)32-22-47-55-19-15-36(49-41(32)55)54-23-31-21-30(54)25-62-31/h2,4,6,15,19,22,24,26-27,29-31,35,40H,7-14,16-18,20-21,23,25H2,1H3,(H,48,59)(H,50,58,60)/t26?,29?,30-,31-,35?/m1/s1. The number of hydrogen-bond acceptors (Lipinski definition) is 10. The molecule has 8 heterocycles. The lowest BCUT2D eigenvalue weighted by Gasteiger charge is -2.35. The molecule has 1 unspecified atom stereocenters. The van der Waals surface area contributed by atoms with E-state index in [0.29, 0.717) is 41.7 Å². The second-order valence-corrected chi connectivity index (χ2v) is 17.6. The maximum atomic E-state index is 14.3. The van der Waals surface area contributed by atoms with Gasteiger partial charge in [0.05, 0.1) is 59.8 Å². The Balaban J connectivity index is 0.718. The van der Waals surface area contributed by atoms with E-state index in [2.05, 4.69) is 42.5 Å². The molecule has 1 saturated carbocycles. The Morgan fingerprint density at radius 1 is 1.03 bits per heavy atom. The summed E-state index contributed by atoms with van der Waals surface area (Å²) in [5, 5.41) is 13.6. The van der Waals surface area contributed by atoms with Crippen molar-refractivity contribution in [3.63, 3.8) is 0 Å². The number of fused-ring (bicyclic) bond motifs is 4. The molecule has 0 spiro atoms.